The van der Waals surface area contributed by atoms with Crippen molar-refractivity contribution in [2.45, 2.75) is 63.1 Å². The van der Waals surface area contributed by atoms with Crippen LogP contribution in [-0.4, -0.2) is 72.6 Å². The summed E-state index contributed by atoms with van der Waals surface area (Å²) in [7, 11) is 3.47. The number of carbonyl (C=O) groups is 3. The molecule has 3 aliphatic carbocycles. The summed E-state index contributed by atoms with van der Waals surface area (Å²) in [6, 6.07) is 0. The van der Waals surface area contributed by atoms with Crippen LogP contribution in [-0.2, 0) is 23.9 Å². The van der Waals surface area contributed by atoms with Crippen molar-refractivity contribution in [3.8, 4) is 0 Å². The Labute approximate surface area is 177 Å². The Hall–Kier alpha value is -1.31. The number of ether oxygens (including phenoxy) is 2. The van der Waals surface area contributed by atoms with E-state index in [4.69, 9.17) is 9.47 Å². The van der Waals surface area contributed by atoms with E-state index in [1.54, 1.807) is 0 Å². The summed E-state index contributed by atoms with van der Waals surface area (Å²) in [5.41, 5.74) is -3.46. The summed E-state index contributed by atoms with van der Waals surface area (Å²) in [5, 5.41) is 11.9. The Morgan fingerprint density at radius 3 is 2.83 bits per heavy atom. The normalized spacial score (nSPS) is 49.1. The van der Waals surface area contributed by atoms with Crippen molar-refractivity contribution in [3.05, 3.63) is 0 Å². The first-order chi connectivity index (χ1) is 14.2. The van der Waals surface area contributed by atoms with E-state index in [0.717, 1.165) is 13.0 Å². The fourth-order valence-corrected chi connectivity index (χ4v) is 8.64. The number of Topliss-reactive ketones (excluding diaryl/α,β-unsaturated/α-hetero) is 2. The molecule has 2 heterocycles. The van der Waals surface area contributed by atoms with Crippen LogP contribution in [0.5, 0.6) is 0 Å². The molecule has 1 N–H and O–H groups in total. The van der Waals surface area contributed by atoms with E-state index in [1.165, 1.54) is 7.11 Å². The van der Waals surface area contributed by atoms with Crippen molar-refractivity contribution in [1.29, 1.82) is 0 Å². The van der Waals surface area contributed by atoms with E-state index in [-0.39, 0.29) is 41.2 Å². The Balaban J connectivity index is 1.72. The lowest BCUT2D eigenvalue weighted by atomic mass is 9.49. The predicted octanol–water partition coefficient (Wildman–Crippen LogP) is 1.36. The van der Waals surface area contributed by atoms with Gasteiger partial charge in [0.1, 0.15) is 11.4 Å². The van der Waals surface area contributed by atoms with Gasteiger partial charge in [-0.2, -0.15) is 0 Å². The highest BCUT2D eigenvalue weighted by Gasteiger charge is 2.88. The van der Waals surface area contributed by atoms with Crippen molar-refractivity contribution in [3.63, 3.8) is 0 Å². The molecule has 0 aromatic rings. The van der Waals surface area contributed by atoms with Crippen molar-refractivity contribution in [1.82, 2.24) is 4.90 Å². The molecule has 4 bridgehead atoms. The van der Waals surface area contributed by atoms with Gasteiger partial charge in [0, 0.05) is 49.1 Å². The summed E-state index contributed by atoms with van der Waals surface area (Å²) in [5.74, 6) is -0.867. The van der Waals surface area contributed by atoms with Gasteiger partial charge in [0.2, 0.25) is 0 Å². The minimum Gasteiger partial charge on any atom is -0.469 e. The SMILES string of the molecule is CCC(=O)CCC12COC34C5CC(=O)C3(O)CCC1CN(C)CC24CC5C(=O)OC. The lowest BCUT2D eigenvalue weighted by molar-refractivity contribution is -0.197. The van der Waals surface area contributed by atoms with Gasteiger partial charge >= 0.3 is 5.97 Å². The third-order valence-electron chi connectivity index (χ3n) is 9.73. The lowest BCUT2D eigenvalue weighted by Crippen LogP contribution is -2.67. The molecule has 7 atom stereocenters. The van der Waals surface area contributed by atoms with E-state index in [9.17, 15) is 19.5 Å². The van der Waals surface area contributed by atoms with Crippen LogP contribution in [0.4, 0.5) is 0 Å². The molecule has 7 unspecified atom stereocenters. The number of nitrogens with zero attached hydrogens (tertiary/aromatic N) is 1. The molecule has 5 aliphatic rings. The maximum Gasteiger partial charge on any atom is 0.309 e. The second-order valence-corrected chi connectivity index (χ2v) is 10.5. The van der Waals surface area contributed by atoms with Crippen LogP contribution in [0.2, 0.25) is 0 Å². The van der Waals surface area contributed by atoms with Crippen LogP contribution in [0.15, 0.2) is 0 Å². The Kier molecular flexibility index (Phi) is 4.36. The molecule has 0 aromatic heterocycles. The highest BCUT2D eigenvalue weighted by Crippen LogP contribution is 2.79. The molecular weight excluding hydrogens is 386 g/mol. The fraction of sp³-hybridized carbons (Fsp3) is 0.870. The van der Waals surface area contributed by atoms with Gasteiger partial charge in [0.25, 0.3) is 0 Å². The zero-order valence-electron chi connectivity index (χ0n) is 18.2. The van der Waals surface area contributed by atoms with Crippen LogP contribution in [0.1, 0.15) is 51.9 Å². The van der Waals surface area contributed by atoms with Crippen molar-refractivity contribution >= 4 is 17.5 Å². The standard InChI is InChI=1S/C23H33NO6/c1-4-15(25)6-7-20-13-30-23-17-9-18(26)22(23,28)8-5-14(20)11-24(2)12-21(20,23)10-16(17)19(27)29-3/h14,16-17,28H,4-13H2,1-3H3. The zero-order chi connectivity index (χ0) is 21.5. The van der Waals surface area contributed by atoms with Crippen molar-refractivity contribution in [2.75, 3.05) is 33.9 Å². The predicted molar refractivity (Wildman–Crippen MR) is 106 cm³/mol. The number of likely N-dealkylation sites (tertiary alicyclic amines) is 1. The summed E-state index contributed by atoms with van der Waals surface area (Å²) >= 11 is 0. The minimum atomic E-state index is -1.56. The van der Waals surface area contributed by atoms with E-state index in [0.29, 0.717) is 45.3 Å². The van der Waals surface area contributed by atoms with E-state index in [2.05, 4.69) is 11.9 Å². The molecule has 5 rings (SSSR count). The second kappa shape index (κ2) is 6.36. The highest BCUT2D eigenvalue weighted by atomic mass is 16.5. The highest BCUT2D eigenvalue weighted by molar-refractivity contribution is 5.94. The third-order valence-corrected chi connectivity index (χ3v) is 9.73. The van der Waals surface area contributed by atoms with Gasteiger partial charge in [0.05, 0.1) is 19.6 Å². The Morgan fingerprint density at radius 2 is 2.13 bits per heavy atom. The number of rotatable bonds is 5. The molecule has 7 heteroatoms. The lowest BCUT2D eigenvalue weighted by Gasteiger charge is -2.58. The smallest absolute Gasteiger partial charge is 0.309 e. The molecule has 7 nitrogen and oxygen atoms in total. The molecule has 5 fully saturated rings. The number of hydrogen-bond acceptors (Lipinski definition) is 7. The largest absolute Gasteiger partial charge is 0.469 e. The van der Waals surface area contributed by atoms with Gasteiger partial charge in [-0.3, -0.25) is 14.4 Å². The third kappa shape index (κ3) is 2.05. The monoisotopic (exact) mass is 419 g/mol. The van der Waals surface area contributed by atoms with Crippen molar-refractivity contribution < 1.29 is 29.0 Å². The van der Waals surface area contributed by atoms with Gasteiger partial charge in [-0.05, 0) is 38.6 Å². The Bertz CT molecular complexity index is 814. The molecule has 0 radical (unpaired) electrons. The van der Waals surface area contributed by atoms with Gasteiger partial charge in [0.15, 0.2) is 11.4 Å². The molecule has 0 aromatic carbocycles. The Morgan fingerprint density at radius 1 is 1.37 bits per heavy atom. The van der Waals surface area contributed by atoms with Crippen LogP contribution in [0.25, 0.3) is 0 Å². The fourth-order valence-electron chi connectivity index (χ4n) is 8.64. The van der Waals surface area contributed by atoms with E-state index in [1.807, 2.05) is 6.92 Å². The number of aliphatic hydroxyl groups is 1. The van der Waals surface area contributed by atoms with Crippen LogP contribution >= 0.6 is 0 Å². The number of hydrogen-bond donors (Lipinski definition) is 1. The number of piperidine rings is 1. The van der Waals surface area contributed by atoms with Gasteiger partial charge in [-0.25, -0.2) is 0 Å². The first kappa shape index (κ1) is 20.6. The molecule has 3 saturated carbocycles. The second-order valence-electron chi connectivity index (χ2n) is 10.5. The molecule has 0 amide bonds. The van der Waals surface area contributed by atoms with Gasteiger partial charge in [-0.15, -0.1) is 0 Å². The topological polar surface area (TPSA) is 93.1 Å². The molecule has 2 spiro atoms. The van der Waals surface area contributed by atoms with Crippen LogP contribution in [0.3, 0.4) is 0 Å². The zero-order valence-corrected chi connectivity index (χ0v) is 18.2. The number of esters is 1. The number of carbonyl (C=O) groups excluding carboxylic acids is 3. The maximum absolute atomic E-state index is 13.2. The molecule has 166 valence electrons. The van der Waals surface area contributed by atoms with Gasteiger partial charge in [-0.1, -0.05) is 6.92 Å². The molecule has 2 saturated heterocycles. The van der Waals surface area contributed by atoms with Crippen molar-refractivity contribution in [2.24, 2.45) is 28.6 Å². The molecule has 2 aliphatic heterocycles. The molecular formula is C23H33NO6. The summed E-state index contributed by atoms with van der Waals surface area (Å²) < 4.78 is 11.8. The average molecular weight is 420 g/mol. The number of ketones is 2. The van der Waals surface area contributed by atoms with E-state index >= 15 is 0 Å². The molecule has 30 heavy (non-hydrogen) atoms. The number of methoxy groups -OCH3 is 1. The first-order valence-corrected chi connectivity index (χ1v) is 11.4. The summed E-state index contributed by atoms with van der Waals surface area (Å²) in [4.78, 5) is 40.7. The average Bonchev–Trinajstić information content (AvgIpc) is 3.23. The summed E-state index contributed by atoms with van der Waals surface area (Å²) in [6.07, 6.45) is 3.53. The first-order valence-electron chi connectivity index (χ1n) is 11.4. The van der Waals surface area contributed by atoms with Crippen LogP contribution < -0.4 is 0 Å². The minimum absolute atomic E-state index is 0.163. The quantitative estimate of drug-likeness (QED) is 0.673. The van der Waals surface area contributed by atoms with Gasteiger partial charge < -0.3 is 19.5 Å². The summed E-state index contributed by atoms with van der Waals surface area (Å²) in [6.45, 7) is 3.88. The van der Waals surface area contributed by atoms with Crippen LogP contribution in [0, 0.1) is 28.6 Å². The van der Waals surface area contributed by atoms with E-state index < -0.39 is 22.5 Å². The maximum atomic E-state index is 13.2.